The monoisotopic (exact) mass is 268 g/mol. The smallest absolute Gasteiger partial charge is 0.141 e. The molecule has 102 valence electrons. The van der Waals surface area contributed by atoms with Gasteiger partial charge in [-0.05, 0) is 41.3 Å². The molecule has 0 saturated carbocycles. The molecular weight excluding hydrogens is 254 g/mol. The fraction of sp³-hybridized carbons (Fsp3) is 0.188. The van der Waals surface area contributed by atoms with Crippen molar-refractivity contribution in [3.05, 3.63) is 53.6 Å². The van der Waals surface area contributed by atoms with Crippen LogP contribution in [0.15, 0.2) is 42.5 Å². The molecule has 3 rings (SSSR count). The summed E-state index contributed by atoms with van der Waals surface area (Å²) in [5.74, 6) is 0. The van der Waals surface area contributed by atoms with Gasteiger partial charge in [0.2, 0.25) is 0 Å². The normalized spacial score (nSPS) is 15.6. The van der Waals surface area contributed by atoms with Crippen LogP contribution in [0.5, 0.6) is 0 Å². The number of hydrogen-bond donors (Lipinski definition) is 1. The van der Waals surface area contributed by atoms with Crippen molar-refractivity contribution in [3.63, 3.8) is 0 Å². The third-order valence-electron chi connectivity index (χ3n) is 3.72. The summed E-state index contributed by atoms with van der Waals surface area (Å²) in [4.78, 5) is 12.2. The molecule has 1 aliphatic carbocycles. The predicted octanol–water partition coefficient (Wildman–Crippen LogP) is 1.92. The Bertz CT molecular complexity index is 681. The molecule has 1 unspecified atom stereocenters. The minimum atomic E-state index is -1.24. The summed E-state index contributed by atoms with van der Waals surface area (Å²) in [5.41, 5.74) is 4.07. The number of fused-ring (bicyclic) bond motifs is 3. The number of hydrogen-bond acceptors (Lipinski definition) is 3. The maximum Gasteiger partial charge on any atom is 0.141 e. The van der Waals surface area contributed by atoms with E-state index < -0.39 is 12.2 Å². The molecule has 1 N–H and O–H groups in total. The van der Waals surface area contributed by atoms with E-state index in [0.29, 0.717) is 12.2 Å². The van der Waals surface area contributed by atoms with Crippen LogP contribution in [-0.4, -0.2) is 17.7 Å². The Balaban J connectivity index is 2.11. The largest absolute Gasteiger partial charge is 0.530 e. The van der Waals surface area contributed by atoms with Gasteiger partial charge < -0.3 is 19.9 Å². The Morgan fingerprint density at radius 1 is 1.20 bits per heavy atom. The molecule has 1 atom stereocenters. The Hall–Kier alpha value is -2.33. The summed E-state index contributed by atoms with van der Waals surface area (Å²) in [7, 11) is 0. The van der Waals surface area contributed by atoms with Crippen LogP contribution in [0.4, 0.5) is 10.5 Å². The number of anilines is 1. The number of rotatable bonds is 2. The molecule has 1 aliphatic rings. The van der Waals surface area contributed by atoms with Crippen LogP contribution in [-0.2, 0) is 0 Å². The van der Waals surface area contributed by atoms with E-state index in [-0.39, 0.29) is 0 Å². The standard InChI is InChI=1S/C16H15NO3/c1-2-17(16(19)20)10-7-8-12-11-5-3-4-6-13(11)15(18)14(12)9-10/h3-9,15,18H,2H2,1H3,(H,19,20)/p-1. The zero-order valence-corrected chi connectivity index (χ0v) is 11.0. The van der Waals surface area contributed by atoms with Gasteiger partial charge >= 0.3 is 0 Å². The minimum Gasteiger partial charge on any atom is -0.530 e. The summed E-state index contributed by atoms with van der Waals surface area (Å²) in [6.07, 6.45) is -1.95. The lowest BCUT2D eigenvalue weighted by Crippen LogP contribution is -2.41. The van der Waals surface area contributed by atoms with Crippen LogP contribution in [0.2, 0.25) is 0 Å². The van der Waals surface area contributed by atoms with Crippen LogP contribution in [0, 0.1) is 0 Å². The molecular formula is C16H14NO3-. The van der Waals surface area contributed by atoms with Crippen molar-refractivity contribution >= 4 is 11.8 Å². The molecule has 2 aromatic carbocycles. The average Bonchev–Trinajstić information content (AvgIpc) is 2.73. The van der Waals surface area contributed by atoms with Gasteiger partial charge in [0.15, 0.2) is 0 Å². The maximum atomic E-state index is 11.1. The molecule has 4 nitrogen and oxygen atoms in total. The van der Waals surface area contributed by atoms with Crippen molar-refractivity contribution in [2.24, 2.45) is 0 Å². The second kappa shape index (κ2) is 4.65. The summed E-state index contributed by atoms with van der Waals surface area (Å²) >= 11 is 0. The zero-order chi connectivity index (χ0) is 14.3. The van der Waals surface area contributed by atoms with Gasteiger partial charge in [0, 0.05) is 12.2 Å². The van der Waals surface area contributed by atoms with E-state index in [1.54, 1.807) is 19.1 Å². The summed E-state index contributed by atoms with van der Waals surface area (Å²) < 4.78 is 0. The number of benzene rings is 2. The topological polar surface area (TPSA) is 63.6 Å². The molecule has 1 amide bonds. The summed E-state index contributed by atoms with van der Waals surface area (Å²) in [6.45, 7) is 2.05. The minimum absolute atomic E-state index is 0.310. The molecule has 0 radical (unpaired) electrons. The number of aliphatic hydroxyl groups excluding tert-OH is 1. The first-order valence-electron chi connectivity index (χ1n) is 6.53. The number of carboxylic acid groups (broad SMARTS) is 1. The second-order valence-corrected chi connectivity index (χ2v) is 4.77. The first kappa shape index (κ1) is 12.7. The maximum absolute atomic E-state index is 11.1. The van der Waals surface area contributed by atoms with Crippen molar-refractivity contribution < 1.29 is 15.0 Å². The van der Waals surface area contributed by atoms with E-state index in [0.717, 1.165) is 27.2 Å². The first-order valence-corrected chi connectivity index (χ1v) is 6.53. The van der Waals surface area contributed by atoms with Crippen molar-refractivity contribution in [3.8, 4) is 11.1 Å². The van der Waals surface area contributed by atoms with Crippen LogP contribution in [0.1, 0.15) is 24.2 Å². The molecule has 0 spiro atoms. The van der Waals surface area contributed by atoms with Gasteiger partial charge in [-0.2, -0.15) is 0 Å². The Labute approximate surface area is 116 Å². The Morgan fingerprint density at radius 2 is 1.90 bits per heavy atom. The fourth-order valence-electron chi connectivity index (χ4n) is 2.75. The van der Waals surface area contributed by atoms with E-state index in [1.165, 1.54) is 0 Å². The van der Waals surface area contributed by atoms with Gasteiger partial charge in [0.05, 0.1) is 0 Å². The van der Waals surface area contributed by atoms with Crippen LogP contribution in [0.3, 0.4) is 0 Å². The van der Waals surface area contributed by atoms with Crippen molar-refractivity contribution in [1.82, 2.24) is 0 Å². The average molecular weight is 268 g/mol. The first-order chi connectivity index (χ1) is 9.63. The number of carbonyl (C=O) groups is 1. The van der Waals surface area contributed by atoms with Crippen LogP contribution < -0.4 is 10.0 Å². The van der Waals surface area contributed by atoms with Crippen LogP contribution >= 0.6 is 0 Å². The van der Waals surface area contributed by atoms with Crippen molar-refractivity contribution in [2.45, 2.75) is 13.0 Å². The molecule has 0 aliphatic heterocycles. The Morgan fingerprint density at radius 3 is 2.60 bits per heavy atom. The Kier molecular flexibility index (Phi) is 2.95. The highest BCUT2D eigenvalue weighted by Gasteiger charge is 2.27. The fourth-order valence-corrected chi connectivity index (χ4v) is 2.75. The third-order valence-corrected chi connectivity index (χ3v) is 3.72. The van der Waals surface area contributed by atoms with Gasteiger partial charge in [0.1, 0.15) is 12.2 Å². The lowest BCUT2D eigenvalue weighted by Gasteiger charge is -2.24. The SMILES string of the molecule is CCN(C(=O)[O-])c1ccc2c(c1)C(O)c1ccccc1-2. The van der Waals surface area contributed by atoms with Crippen molar-refractivity contribution in [1.29, 1.82) is 0 Å². The van der Waals surface area contributed by atoms with Gasteiger partial charge in [-0.1, -0.05) is 30.3 Å². The second-order valence-electron chi connectivity index (χ2n) is 4.77. The highest BCUT2D eigenvalue weighted by molar-refractivity contribution is 5.87. The number of amides is 1. The quantitative estimate of drug-likeness (QED) is 0.905. The van der Waals surface area contributed by atoms with Gasteiger partial charge in [-0.3, -0.25) is 0 Å². The predicted molar refractivity (Wildman–Crippen MR) is 74.4 cm³/mol. The number of aliphatic hydroxyl groups is 1. The summed E-state index contributed by atoms with van der Waals surface area (Å²) in [6, 6.07) is 13.0. The van der Waals surface area contributed by atoms with Crippen molar-refractivity contribution in [2.75, 3.05) is 11.4 Å². The lowest BCUT2D eigenvalue weighted by molar-refractivity contribution is -0.246. The highest BCUT2D eigenvalue weighted by Crippen LogP contribution is 2.44. The lowest BCUT2D eigenvalue weighted by atomic mass is 10.1. The van der Waals surface area contributed by atoms with E-state index >= 15 is 0 Å². The van der Waals surface area contributed by atoms with Crippen LogP contribution in [0.25, 0.3) is 11.1 Å². The molecule has 0 saturated heterocycles. The van der Waals surface area contributed by atoms with E-state index in [4.69, 9.17) is 0 Å². The molecule has 20 heavy (non-hydrogen) atoms. The van der Waals surface area contributed by atoms with E-state index in [9.17, 15) is 15.0 Å². The molecule has 0 fully saturated rings. The van der Waals surface area contributed by atoms with Gasteiger partial charge in [-0.15, -0.1) is 0 Å². The molecule has 2 aromatic rings. The number of carbonyl (C=O) groups excluding carboxylic acids is 1. The summed E-state index contributed by atoms with van der Waals surface area (Å²) in [5, 5.41) is 21.5. The highest BCUT2D eigenvalue weighted by atomic mass is 16.4. The van der Waals surface area contributed by atoms with E-state index in [1.807, 2.05) is 30.3 Å². The van der Waals surface area contributed by atoms with Gasteiger partial charge in [-0.25, -0.2) is 0 Å². The molecule has 0 aromatic heterocycles. The molecule has 4 heteroatoms. The molecule has 0 heterocycles. The third kappa shape index (κ3) is 1.77. The molecule has 0 bridgehead atoms. The number of nitrogens with zero attached hydrogens (tertiary/aromatic N) is 1. The van der Waals surface area contributed by atoms with Gasteiger partial charge in [0.25, 0.3) is 0 Å². The van der Waals surface area contributed by atoms with E-state index in [2.05, 4.69) is 0 Å². The zero-order valence-electron chi connectivity index (χ0n) is 11.0.